The van der Waals surface area contributed by atoms with Gasteiger partial charge in [0, 0.05) is 13.0 Å². The summed E-state index contributed by atoms with van der Waals surface area (Å²) >= 11 is 0. The van der Waals surface area contributed by atoms with Gasteiger partial charge in [0.2, 0.25) is 5.91 Å². The first-order valence-corrected chi connectivity index (χ1v) is 6.78. The summed E-state index contributed by atoms with van der Waals surface area (Å²) in [7, 11) is 0. The summed E-state index contributed by atoms with van der Waals surface area (Å²) in [4.78, 5) is 11.8. The predicted molar refractivity (Wildman–Crippen MR) is 80.7 cm³/mol. The molecule has 1 heterocycles. The van der Waals surface area contributed by atoms with E-state index in [9.17, 15) is 4.79 Å². The summed E-state index contributed by atoms with van der Waals surface area (Å²) in [5.74, 6) is 1.08. The van der Waals surface area contributed by atoms with Crippen LogP contribution in [0.4, 0.5) is 0 Å². The molecule has 0 saturated carbocycles. The summed E-state index contributed by atoms with van der Waals surface area (Å²) in [6.07, 6.45) is 1.79. The Labute approximate surface area is 121 Å². The number of carbonyl (C=O) groups excluding carboxylic acids is 1. The lowest BCUT2D eigenvalue weighted by Crippen LogP contribution is -2.29. The molecule has 1 aliphatic heterocycles. The van der Waals surface area contributed by atoms with E-state index in [1.54, 1.807) is 0 Å². The molecule has 1 aromatic rings. The second kappa shape index (κ2) is 8.18. The minimum atomic E-state index is 0. The van der Waals surface area contributed by atoms with Crippen molar-refractivity contribution in [3.63, 3.8) is 0 Å². The third-order valence-electron chi connectivity index (χ3n) is 3.61. The maximum atomic E-state index is 11.8. The van der Waals surface area contributed by atoms with Crippen LogP contribution in [0, 0.1) is 5.92 Å². The Hall–Kier alpha value is -1.06. The number of nitrogens with one attached hydrogen (secondary N) is 2. The molecule has 1 aliphatic rings. The number of carbonyl (C=O) groups is 1. The average Bonchev–Trinajstić information content (AvgIpc) is 2.90. The molecule has 1 amide bonds. The fourth-order valence-corrected chi connectivity index (χ4v) is 2.39. The van der Waals surface area contributed by atoms with Crippen LogP contribution in [0.3, 0.4) is 0 Å². The molecule has 106 valence electrons. The van der Waals surface area contributed by atoms with Gasteiger partial charge in [0.1, 0.15) is 0 Å². The molecule has 3 nitrogen and oxygen atoms in total. The fourth-order valence-electron chi connectivity index (χ4n) is 2.39. The van der Waals surface area contributed by atoms with Gasteiger partial charge >= 0.3 is 0 Å². The molecule has 0 spiro atoms. The Kier molecular flexibility index (Phi) is 6.89. The second-order valence-electron chi connectivity index (χ2n) is 5.18. The third-order valence-corrected chi connectivity index (χ3v) is 3.61. The largest absolute Gasteiger partial charge is 0.355 e. The minimum absolute atomic E-state index is 0. The van der Waals surface area contributed by atoms with Crippen molar-refractivity contribution in [2.75, 3.05) is 19.6 Å². The van der Waals surface area contributed by atoms with Crippen LogP contribution in [-0.2, 0) is 4.79 Å². The molecule has 0 aliphatic carbocycles. The molecule has 4 heteroatoms. The van der Waals surface area contributed by atoms with Crippen molar-refractivity contribution in [1.82, 2.24) is 10.6 Å². The summed E-state index contributed by atoms with van der Waals surface area (Å²) in [6, 6.07) is 10.3. The van der Waals surface area contributed by atoms with Crippen LogP contribution < -0.4 is 10.6 Å². The lowest BCUT2D eigenvalue weighted by atomic mass is 10.0. The molecule has 1 aromatic carbocycles. The molecule has 2 unspecified atom stereocenters. The van der Waals surface area contributed by atoms with Crippen LogP contribution in [0.25, 0.3) is 0 Å². The maximum Gasteiger partial charge on any atom is 0.220 e. The smallest absolute Gasteiger partial charge is 0.220 e. The number of hydrogen-bond acceptors (Lipinski definition) is 2. The molecule has 2 N–H and O–H groups in total. The Morgan fingerprint density at radius 1 is 1.42 bits per heavy atom. The van der Waals surface area contributed by atoms with Crippen molar-refractivity contribution < 1.29 is 4.79 Å². The number of amides is 1. The molecule has 0 aromatic heterocycles. The minimum Gasteiger partial charge on any atom is -0.355 e. The summed E-state index contributed by atoms with van der Waals surface area (Å²) in [6.45, 7) is 4.91. The van der Waals surface area contributed by atoms with Crippen molar-refractivity contribution in [2.24, 2.45) is 5.92 Å². The number of halogens is 1. The van der Waals surface area contributed by atoms with E-state index in [0.717, 1.165) is 26.1 Å². The highest BCUT2D eigenvalue weighted by Gasteiger charge is 2.18. The fraction of sp³-hybridized carbons (Fsp3) is 0.533. The molecule has 2 rings (SSSR count). The van der Waals surface area contributed by atoms with E-state index in [-0.39, 0.29) is 18.3 Å². The van der Waals surface area contributed by atoms with Crippen molar-refractivity contribution in [1.29, 1.82) is 0 Å². The first kappa shape index (κ1) is 16.0. The van der Waals surface area contributed by atoms with Gasteiger partial charge in [-0.15, -0.1) is 12.4 Å². The highest BCUT2D eigenvalue weighted by Crippen LogP contribution is 2.14. The quantitative estimate of drug-likeness (QED) is 0.870. The van der Waals surface area contributed by atoms with Crippen molar-refractivity contribution in [3.8, 4) is 0 Å². The van der Waals surface area contributed by atoms with E-state index in [4.69, 9.17) is 0 Å². The van der Waals surface area contributed by atoms with E-state index >= 15 is 0 Å². The molecule has 0 radical (unpaired) electrons. The highest BCUT2D eigenvalue weighted by molar-refractivity contribution is 5.85. The number of rotatable bonds is 5. The lowest BCUT2D eigenvalue weighted by molar-refractivity contribution is -0.121. The predicted octanol–water partition coefficient (Wildman–Crippen LogP) is 2.33. The highest BCUT2D eigenvalue weighted by atomic mass is 35.5. The Morgan fingerprint density at radius 2 is 2.16 bits per heavy atom. The second-order valence-corrected chi connectivity index (χ2v) is 5.18. The van der Waals surface area contributed by atoms with E-state index in [1.807, 2.05) is 18.2 Å². The van der Waals surface area contributed by atoms with Crippen LogP contribution in [0.1, 0.15) is 31.2 Å². The molecular weight excluding hydrogens is 260 g/mol. The van der Waals surface area contributed by atoms with Crippen molar-refractivity contribution >= 4 is 18.3 Å². The standard InChI is InChI=1S/C15H22N2O.ClH/c1-12(14-5-3-2-4-6-14)10-17-15(18)9-13-7-8-16-11-13;/h2-6,12-13,16H,7-11H2,1H3,(H,17,18);1H. The zero-order valence-electron chi connectivity index (χ0n) is 11.4. The van der Waals surface area contributed by atoms with E-state index in [1.165, 1.54) is 5.56 Å². The number of hydrogen-bond donors (Lipinski definition) is 2. The molecule has 1 fully saturated rings. The third kappa shape index (κ3) is 5.21. The lowest BCUT2D eigenvalue weighted by Gasteiger charge is -2.14. The topological polar surface area (TPSA) is 41.1 Å². The first-order chi connectivity index (χ1) is 8.75. The van der Waals surface area contributed by atoms with Gasteiger partial charge in [-0.2, -0.15) is 0 Å². The van der Waals surface area contributed by atoms with Crippen molar-refractivity contribution in [3.05, 3.63) is 35.9 Å². The van der Waals surface area contributed by atoms with Gasteiger partial charge in [0.15, 0.2) is 0 Å². The molecule has 2 atom stereocenters. The van der Waals surface area contributed by atoms with E-state index in [0.29, 0.717) is 18.3 Å². The summed E-state index contributed by atoms with van der Waals surface area (Å²) in [5, 5.41) is 6.33. The van der Waals surface area contributed by atoms with Gasteiger partial charge in [0.25, 0.3) is 0 Å². The Morgan fingerprint density at radius 3 is 2.79 bits per heavy atom. The van der Waals surface area contributed by atoms with Crippen LogP contribution in [0.15, 0.2) is 30.3 Å². The normalized spacial score (nSPS) is 19.5. The van der Waals surface area contributed by atoms with Gasteiger partial charge in [0.05, 0.1) is 0 Å². The SMILES string of the molecule is CC(CNC(=O)CC1CCNC1)c1ccccc1.Cl. The maximum absolute atomic E-state index is 11.8. The van der Waals surface area contributed by atoms with Gasteiger partial charge in [-0.25, -0.2) is 0 Å². The van der Waals surface area contributed by atoms with Crippen LogP contribution in [0.5, 0.6) is 0 Å². The van der Waals surface area contributed by atoms with E-state index < -0.39 is 0 Å². The molecular formula is C15H23ClN2O. The Balaban J connectivity index is 0.00000180. The number of benzene rings is 1. The molecule has 1 saturated heterocycles. The van der Waals surface area contributed by atoms with Crippen LogP contribution in [0.2, 0.25) is 0 Å². The van der Waals surface area contributed by atoms with Crippen molar-refractivity contribution in [2.45, 2.75) is 25.7 Å². The first-order valence-electron chi connectivity index (χ1n) is 6.78. The summed E-state index contributed by atoms with van der Waals surface area (Å²) in [5.41, 5.74) is 1.28. The van der Waals surface area contributed by atoms with Crippen LogP contribution in [-0.4, -0.2) is 25.5 Å². The Bertz CT molecular complexity index is 377. The van der Waals surface area contributed by atoms with Gasteiger partial charge in [-0.05, 0) is 36.9 Å². The van der Waals surface area contributed by atoms with E-state index in [2.05, 4.69) is 29.7 Å². The van der Waals surface area contributed by atoms with Crippen LogP contribution >= 0.6 is 12.4 Å². The zero-order chi connectivity index (χ0) is 12.8. The van der Waals surface area contributed by atoms with Gasteiger partial charge < -0.3 is 10.6 Å². The molecule has 0 bridgehead atoms. The molecule has 19 heavy (non-hydrogen) atoms. The summed E-state index contributed by atoms with van der Waals surface area (Å²) < 4.78 is 0. The monoisotopic (exact) mass is 282 g/mol. The van der Waals surface area contributed by atoms with Gasteiger partial charge in [-0.1, -0.05) is 37.3 Å². The zero-order valence-corrected chi connectivity index (χ0v) is 12.2. The average molecular weight is 283 g/mol. The van der Waals surface area contributed by atoms with Gasteiger partial charge in [-0.3, -0.25) is 4.79 Å².